The van der Waals surface area contributed by atoms with E-state index in [1.807, 2.05) is 13.8 Å². The van der Waals surface area contributed by atoms with Crippen molar-refractivity contribution in [2.45, 2.75) is 77.2 Å². The van der Waals surface area contributed by atoms with Crippen LogP contribution in [0.25, 0.3) is 0 Å². The van der Waals surface area contributed by atoms with Crippen LogP contribution in [-0.2, 0) is 28.6 Å². The highest BCUT2D eigenvalue weighted by molar-refractivity contribution is 5.91. The van der Waals surface area contributed by atoms with Crippen LogP contribution in [0, 0.1) is 10.8 Å². The van der Waals surface area contributed by atoms with Gasteiger partial charge in [-0.2, -0.15) is 0 Å². The maximum atomic E-state index is 12.2. The fourth-order valence-electron chi connectivity index (χ4n) is 2.24. The summed E-state index contributed by atoms with van der Waals surface area (Å²) in [6.45, 7) is 13.3. The van der Waals surface area contributed by atoms with Crippen molar-refractivity contribution in [2.24, 2.45) is 10.8 Å². The predicted molar refractivity (Wildman–Crippen MR) is 122 cm³/mol. The average Bonchev–Trinajstić information content (AvgIpc) is 2.53. The predicted octanol–water partition coefficient (Wildman–Crippen LogP) is 5.76. The van der Waals surface area contributed by atoms with Crippen molar-refractivity contribution in [3.8, 4) is 0 Å². The van der Waals surface area contributed by atoms with Gasteiger partial charge in [0, 0.05) is 12.2 Å². The Morgan fingerprint density at radius 3 is 1.72 bits per heavy atom. The Morgan fingerprint density at radius 1 is 0.828 bits per heavy atom. The number of esters is 3. The highest BCUT2D eigenvalue weighted by Crippen LogP contribution is 2.36. The lowest BCUT2D eigenvalue weighted by molar-refractivity contribution is -0.159. The quantitative estimate of drug-likeness (QED) is 0.140. The van der Waals surface area contributed by atoms with Crippen LogP contribution in [0.5, 0.6) is 0 Å². The molecule has 0 aliphatic rings. The van der Waals surface area contributed by atoms with Crippen LogP contribution >= 0.6 is 0 Å². The third-order valence-corrected chi connectivity index (χ3v) is 3.69. The Kier molecular flexibility index (Phi) is 23.3. The molecule has 0 saturated carbocycles. The molecule has 0 aromatic rings. The zero-order valence-corrected chi connectivity index (χ0v) is 15.9. The van der Waals surface area contributed by atoms with Crippen molar-refractivity contribution in [1.82, 2.24) is 0 Å². The topological polar surface area (TPSA) is 78.9 Å². The fourth-order valence-corrected chi connectivity index (χ4v) is 2.24. The Hall–Kier alpha value is -2.11. The molecule has 29 heavy (non-hydrogen) atoms. The zero-order valence-electron chi connectivity index (χ0n) is 15.9. The zero-order chi connectivity index (χ0) is 19.5. The first-order chi connectivity index (χ1) is 11.5. The number of carbonyl (C=O) groups excluding carboxylic acids is 3. The molecule has 0 aliphatic heterocycles. The highest BCUT2D eigenvalue weighted by Gasteiger charge is 2.35. The molecule has 0 saturated heterocycles. The fraction of sp³-hybridized carbons (Fsp3) is 0.696. The third-order valence-electron chi connectivity index (χ3n) is 3.69. The van der Waals surface area contributed by atoms with Gasteiger partial charge in [0.1, 0.15) is 19.8 Å². The minimum atomic E-state index is -0.710. The Balaban J connectivity index is -0.000000480. The van der Waals surface area contributed by atoms with E-state index >= 15 is 0 Å². The molecule has 0 rings (SSSR count). The van der Waals surface area contributed by atoms with E-state index in [2.05, 4.69) is 32.1 Å². The van der Waals surface area contributed by atoms with Gasteiger partial charge in [0.25, 0.3) is 0 Å². The maximum absolute atomic E-state index is 12.2. The van der Waals surface area contributed by atoms with E-state index < -0.39 is 17.4 Å². The van der Waals surface area contributed by atoms with Crippen LogP contribution in [-0.4, -0.2) is 37.7 Å². The smallest absolute Gasteiger partial charge is 0.331 e. The molecule has 174 valence electrons. The lowest BCUT2D eigenvalue weighted by Gasteiger charge is -2.32. The number of rotatable bonds is 11. The SMILES string of the molecule is C.C.C.C.C=CCOC(=O)/C=C/C(=O)OCCOC(=O)C(C)(C)CC(C)(C)CC. The molecule has 0 N–H and O–H groups in total. The second kappa shape index (κ2) is 18.0. The molecule has 0 heterocycles. The van der Waals surface area contributed by atoms with Gasteiger partial charge < -0.3 is 14.2 Å². The molecular weight excluding hydrogens is 372 g/mol. The van der Waals surface area contributed by atoms with E-state index in [-0.39, 0.29) is 60.9 Å². The summed E-state index contributed by atoms with van der Waals surface area (Å²) in [5, 5.41) is 0. The second-order valence-electron chi connectivity index (χ2n) is 7.13. The van der Waals surface area contributed by atoms with Gasteiger partial charge in [-0.1, -0.05) is 69.6 Å². The maximum Gasteiger partial charge on any atom is 0.331 e. The van der Waals surface area contributed by atoms with Gasteiger partial charge in [0.05, 0.1) is 5.41 Å². The van der Waals surface area contributed by atoms with Gasteiger partial charge in [-0.3, -0.25) is 4.79 Å². The van der Waals surface area contributed by atoms with E-state index in [0.717, 1.165) is 18.6 Å². The summed E-state index contributed by atoms with van der Waals surface area (Å²) in [5.41, 5.74) is -0.571. The number of ether oxygens (including phenoxy) is 3. The van der Waals surface area contributed by atoms with E-state index in [1.54, 1.807) is 0 Å². The molecule has 0 amide bonds. The standard InChI is InChI=1S/C19H30O6.4CH4/c1-7-11-23-15(20)9-10-16(21)24-12-13-25-17(22)19(5,6)14-18(3,4)8-2;;;;/h7,9-10H,1,8,11-14H2,2-6H3;4*1H4/b10-9+;;;;. The molecule has 0 aromatic heterocycles. The monoisotopic (exact) mass is 418 g/mol. The molecule has 0 fully saturated rings. The van der Waals surface area contributed by atoms with Crippen LogP contribution in [0.4, 0.5) is 0 Å². The summed E-state index contributed by atoms with van der Waals surface area (Å²) in [4.78, 5) is 34.7. The molecular formula is C23H46O6. The van der Waals surface area contributed by atoms with Crippen molar-refractivity contribution in [3.63, 3.8) is 0 Å². The molecule has 0 bridgehead atoms. The molecule has 0 spiro atoms. The van der Waals surface area contributed by atoms with Crippen LogP contribution in [0.1, 0.15) is 77.2 Å². The van der Waals surface area contributed by atoms with Gasteiger partial charge in [0.15, 0.2) is 0 Å². The summed E-state index contributed by atoms with van der Waals surface area (Å²) >= 11 is 0. The average molecular weight is 419 g/mol. The first-order valence-corrected chi connectivity index (χ1v) is 8.34. The largest absolute Gasteiger partial charge is 0.462 e. The van der Waals surface area contributed by atoms with Crippen LogP contribution in [0.3, 0.4) is 0 Å². The number of hydrogen-bond donors (Lipinski definition) is 0. The second-order valence-corrected chi connectivity index (χ2v) is 7.13. The van der Waals surface area contributed by atoms with Crippen molar-refractivity contribution in [1.29, 1.82) is 0 Å². The number of hydrogen-bond acceptors (Lipinski definition) is 6. The van der Waals surface area contributed by atoms with Gasteiger partial charge in [-0.05, 0) is 25.7 Å². The molecule has 0 aromatic carbocycles. The van der Waals surface area contributed by atoms with Crippen LogP contribution in [0.2, 0.25) is 0 Å². The molecule has 0 atom stereocenters. The Bertz CT molecular complexity index is 503. The van der Waals surface area contributed by atoms with Gasteiger partial charge >= 0.3 is 17.9 Å². The molecule has 0 unspecified atom stereocenters. The van der Waals surface area contributed by atoms with E-state index in [1.165, 1.54) is 6.08 Å². The summed E-state index contributed by atoms with van der Waals surface area (Å²) in [6, 6.07) is 0. The molecule has 6 nitrogen and oxygen atoms in total. The minimum Gasteiger partial charge on any atom is -0.462 e. The first-order valence-electron chi connectivity index (χ1n) is 8.34. The van der Waals surface area contributed by atoms with Crippen molar-refractivity contribution in [2.75, 3.05) is 19.8 Å². The van der Waals surface area contributed by atoms with Gasteiger partial charge in [0.2, 0.25) is 0 Å². The van der Waals surface area contributed by atoms with Gasteiger partial charge in [-0.25, -0.2) is 9.59 Å². The number of carbonyl (C=O) groups is 3. The van der Waals surface area contributed by atoms with Crippen LogP contribution < -0.4 is 0 Å². The van der Waals surface area contributed by atoms with Crippen LogP contribution in [0.15, 0.2) is 24.8 Å². The van der Waals surface area contributed by atoms with E-state index in [4.69, 9.17) is 9.47 Å². The molecule has 0 radical (unpaired) electrons. The molecule has 6 heteroatoms. The van der Waals surface area contributed by atoms with Crippen molar-refractivity contribution < 1.29 is 28.6 Å². The van der Waals surface area contributed by atoms with E-state index in [0.29, 0.717) is 6.42 Å². The summed E-state index contributed by atoms with van der Waals surface area (Å²) < 4.78 is 14.7. The van der Waals surface area contributed by atoms with Gasteiger partial charge in [-0.15, -0.1) is 0 Å². The highest BCUT2D eigenvalue weighted by atomic mass is 16.6. The normalized spacial score (nSPS) is 10.2. The third kappa shape index (κ3) is 17.7. The lowest BCUT2D eigenvalue weighted by atomic mass is 9.74. The first kappa shape index (κ1) is 37.6. The van der Waals surface area contributed by atoms with Crippen molar-refractivity contribution in [3.05, 3.63) is 24.8 Å². The summed E-state index contributed by atoms with van der Waals surface area (Å²) in [7, 11) is 0. The Morgan fingerprint density at radius 2 is 1.28 bits per heavy atom. The minimum absolute atomic E-state index is 0. The Labute approximate surface area is 179 Å². The van der Waals surface area contributed by atoms with Crippen molar-refractivity contribution >= 4 is 17.9 Å². The molecule has 0 aliphatic carbocycles. The summed E-state index contributed by atoms with van der Waals surface area (Å²) in [5.74, 6) is -1.70. The lowest BCUT2D eigenvalue weighted by Crippen LogP contribution is -2.32. The summed E-state index contributed by atoms with van der Waals surface area (Å²) in [6.07, 6.45) is 5.00. The van der Waals surface area contributed by atoms with E-state index in [9.17, 15) is 14.4 Å².